The molecule has 0 fully saturated rings. The van der Waals surface area contributed by atoms with Crippen molar-refractivity contribution in [2.24, 2.45) is 5.10 Å². The summed E-state index contributed by atoms with van der Waals surface area (Å²) in [7, 11) is 0. The second kappa shape index (κ2) is 11.0. The van der Waals surface area contributed by atoms with E-state index < -0.39 is 12.0 Å². The average molecular weight is 421 g/mol. The maximum absolute atomic E-state index is 12.3. The number of phenolic OH excluding ortho intramolecular Hbond substituents is 1. The highest BCUT2D eigenvalue weighted by molar-refractivity contribution is 6.02. The fraction of sp³-hybridized carbons (Fsp3) is 0.280. The molecule has 0 spiro atoms. The van der Waals surface area contributed by atoms with Crippen LogP contribution in [-0.2, 0) is 4.79 Å². The summed E-state index contributed by atoms with van der Waals surface area (Å²) in [5, 5.41) is 16.0. The number of carbonyl (C=O) groups is 1. The summed E-state index contributed by atoms with van der Waals surface area (Å²) in [6, 6.07) is 18.3. The molecule has 6 nitrogen and oxygen atoms in total. The van der Waals surface area contributed by atoms with Gasteiger partial charge in [-0.2, -0.15) is 5.10 Å². The van der Waals surface area contributed by atoms with E-state index in [1.165, 1.54) is 6.21 Å². The highest BCUT2D eigenvalue weighted by Gasteiger charge is 2.14. The third-order valence-electron chi connectivity index (χ3n) is 4.84. The van der Waals surface area contributed by atoms with Crippen LogP contribution in [0, 0.1) is 0 Å². The maximum Gasteiger partial charge on any atom is 0.280 e. The molecule has 3 aromatic rings. The lowest BCUT2D eigenvalue weighted by molar-refractivity contribution is -0.127. The monoisotopic (exact) mass is 420 g/mol. The molecule has 1 unspecified atom stereocenters. The molecule has 1 atom stereocenters. The smallest absolute Gasteiger partial charge is 0.280 e. The predicted octanol–water partition coefficient (Wildman–Crippen LogP) is 5.03. The number of hydrogen-bond donors (Lipinski definition) is 2. The SMILES string of the molecule is CCCCCOc1ccc(OC(C)C(=O)NN=Cc2c(O)ccc3ccccc23)cc1. The molecule has 31 heavy (non-hydrogen) atoms. The molecule has 0 heterocycles. The number of ether oxygens (including phenoxy) is 2. The zero-order valence-corrected chi connectivity index (χ0v) is 17.9. The molecule has 162 valence electrons. The van der Waals surface area contributed by atoms with Crippen molar-refractivity contribution in [3.63, 3.8) is 0 Å². The molecule has 0 aromatic heterocycles. The third kappa shape index (κ3) is 6.22. The number of phenols is 1. The summed E-state index contributed by atoms with van der Waals surface area (Å²) in [6.45, 7) is 4.49. The highest BCUT2D eigenvalue weighted by Crippen LogP contribution is 2.25. The highest BCUT2D eigenvalue weighted by atomic mass is 16.5. The van der Waals surface area contributed by atoms with Crippen molar-refractivity contribution in [2.45, 2.75) is 39.2 Å². The molecule has 3 aromatic carbocycles. The molecule has 1 amide bonds. The molecular formula is C25H28N2O4. The number of benzene rings is 3. The lowest BCUT2D eigenvalue weighted by Crippen LogP contribution is -2.33. The Morgan fingerprint density at radius 2 is 1.81 bits per heavy atom. The van der Waals surface area contributed by atoms with Crippen LogP contribution < -0.4 is 14.9 Å². The van der Waals surface area contributed by atoms with Crippen molar-refractivity contribution in [3.05, 3.63) is 66.2 Å². The van der Waals surface area contributed by atoms with Crippen LogP contribution in [0.1, 0.15) is 38.7 Å². The van der Waals surface area contributed by atoms with Crippen LogP contribution in [0.4, 0.5) is 0 Å². The topological polar surface area (TPSA) is 80.2 Å². The van der Waals surface area contributed by atoms with Gasteiger partial charge in [-0.05, 0) is 54.4 Å². The van der Waals surface area contributed by atoms with Crippen LogP contribution in [0.15, 0.2) is 65.8 Å². The molecule has 0 saturated heterocycles. The van der Waals surface area contributed by atoms with Gasteiger partial charge in [0.05, 0.1) is 12.8 Å². The summed E-state index contributed by atoms with van der Waals surface area (Å²) in [4.78, 5) is 12.3. The van der Waals surface area contributed by atoms with Gasteiger partial charge in [-0.1, -0.05) is 50.1 Å². The molecular weight excluding hydrogens is 392 g/mol. The van der Waals surface area contributed by atoms with Gasteiger partial charge in [0.1, 0.15) is 17.2 Å². The molecule has 2 N–H and O–H groups in total. The Bertz CT molecular complexity index is 1030. The normalized spacial score (nSPS) is 12.1. The van der Waals surface area contributed by atoms with Gasteiger partial charge in [0, 0.05) is 5.56 Å². The first-order valence-electron chi connectivity index (χ1n) is 10.5. The fourth-order valence-corrected chi connectivity index (χ4v) is 3.09. The van der Waals surface area contributed by atoms with Crippen LogP contribution in [-0.4, -0.2) is 29.9 Å². The van der Waals surface area contributed by atoms with E-state index in [0.29, 0.717) is 17.9 Å². The number of hydrazone groups is 1. The molecule has 0 aliphatic carbocycles. The van der Waals surface area contributed by atoms with E-state index >= 15 is 0 Å². The Labute approximate surface area is 182 Å². The van der Waals surface area contributed by atoms with Gasteiger partial charge in [0.2, 0.25) is 0 Å². The van der Waals surface area contributed by atoms with E-state index in [0.717, 1.165) is 35.8 Å². The summed E-state index contributed by atoms with van der Waals surface area (Å²) < 4.78 is 11.4. The van der Waals surface area contributed by atoms with E-state index in [1.807, 2.05) is 42.5 Å². The summed E-state index contributed by atoms with van der Waals surface area (Å²) in [5.41, 5.74) is 3.01. The predicted molar refractivity (Wildman–Crippen MR) is 123 cm³/mol. The van der Waals surface area contributed by atoms with E-state index in [2.05, 4.69) is 17.5 Å². The van der Waals surface area contributed by atoms with Gasteiger partial charge >= 0.3 is 0 Å². The molecule has 0 saturated carbocycles. The second-order valence-corrected chi connectivity index (χ2v) is 7.24. The number of hydrogen-bond acceptors (Lipinski definition) is 5. The molecule has 0 aliphatic rings. The standard InChI is InChI=1S/C25H28N2O4/c1-3-4-7-16-30-20-11-13-21(14-12-20)31-18(2)25(29)27-26-17-23-22-9-6-5-8-19(22)10-15-24(23)28/h5-6,8-15,17-18,28H,3-4,7,16H2,1-2H3,(H,27,29). The Kier molecular flexibility index (Phi) is 7.87. The average Bonchev–Trinajstić information content (AvgIpc) is 2.79. The minimum absolute atomic E-state index is 0.0954. The largest absolute Gasteiger partial charge is 0.507 e. The van der Waals surface area contributed by atoms with Crippen LogP contribution in [0.3, 0.4) is 0 Å². The van der Waals surface area contributed by atoms with Gasteiger partial charge in [-0.15, -0.1) is 0 Å². The molecule has 3 rings (SSSR count). The zero-order chi connectivity index (χ0) is 22.1. The van der Waals surface area contributed by atoms with Crippen LogP contribution in [0.5, 0.6) is 17.2 Å². The van der Waals surface area contributed by atoms with Crippen LogP contribution >= 0.6 is 0 Å². The van der Waals surface area contributed by atoms with Gasteiger partial charge in [-0.3, -0.25) is 4.79 Å². The number of rotatable bonds is 10. The Morgan fingerprint density at radius 1 is 1.06 bits per heavy atom. The van der Waals surface area contributed by atoms with Crippen molar-refractivity contribution >= 4 is 22.9 Å². The first-order chi connectivity index (χ1) is 15.1. The van der Waals surface area contributed by atoms with Gasteiger partial charge < -0.3 is 14.6 Å². The lowest BCUT2D eigenvalue weighted by Gasteiger charge is -2.13. The Balaban J connectivity index is 1.54. The molecule has 0 aliphatic heterocycles. The first kappa shape index (κ1) is 22.2. The van der Waals surface area contributed by atoms with Crippen molar-refractivity contribution < 1.29 is 19.4 Å². The van der Waals surface area contributed by atoms with Crippen molar-refractivity contribution in [2.75, 3.05) is 6.61 Å². The van der Waals surface area contributed by atoms with Gasteiger partial charge in [0.15, 0.2) is 6.10 Å². The number of carbonyl (C=O) groups excluding carboxylic acids is 1. The second-order valence-electron chi connectivity index (χ2n) is 7.24. The van der Waals surface area contributed by atoms with E-state index in [4.69, 9.17) is 9.47 Å². The van der Waals surface area contributed by atoms with Crippen molar-refractivity contribution in [3.8, 4) is 17.2 Å². The third-order valence-corrected chi connectivity index (χ3v) is 4.84. The molecule has 6 heteroatoms. The number of nitrogens with zero attached hydrogens (tertiary/aromatic N) is 1. The number of unbranched alkanes of at least 4 members (excludes halogenated alkanes) is 2. The van der Waals surface area contributed by atoms with E-state index in [-0.39, 0.29) is 5.75 Å². The molecule has 0 radical (unpaired) electrons. The van der Waals surface area contributed by atoms with Gasteiger partial charge in [0.25, 0.3) is 5.91 Å². The summed E-state index contributed by atoms with van der Waals surface area (Å²) in [5.74, 6) is 1.05. The quantitative estimate of drug-likeness (QED) is 0.274. The summed E-state index contributed by atoms with van der Waals surface area (Å²) >= 11 is 0. The Hall–Kier alpha value is -3.54. The lowest BCUT2D eigenvalue weighted by atomic mass is 10.0. The number of amides is 1. The molecule has 0 bridgehead atoms. The zero-order valence-electron chi connectivity index (χ0n) is 17.9. The van der Waals surface area contributed by atoms with Crippen molar-refractivity contribution in [1.82, 2.24) is 5.43 Å². The number of nitrogens with one attached hydrogen (secondary N) is 1. The van der Waals surface area contributed by atoms with E-state index in [9.17, 15) is 9.90 Å². The number of aromatic hydroxyl groups is 1. The Morgan fingerprint density at radius 3 is 2.58 bits per heavy atom. The first-order valence-corrected chi connectivity index (χ1v) is 10.5. The van der Waals surface area contributed by atoms with Gasteiger partial charge in [-0.25, -0.2) is 5.43 Å². The van der Waals surface area contributed by atoms with Crippen LogP contribution in [0.2, 0.25) is 0 Å². The summed E-state index contributed by atoms with van der Waals surface area (Å²) in [6.07, 6.45) is 4.03. The van der Waals surface area contributed by atoms with E-state index in [1.54, 1.807) is 25.1 Å². The fourth-order valence-electron chi connectivity index (χ4n) is 3.09. The minimum atomic E-state index is -0.741. The van der Waals surface area contributed by atoms with Crippen LogP contribution in [0.25, 0.3) is 10.8 Å². The number of fused-ring (bicyclic) bond motifs is 1. The van der Waals surface area contributed by atoms with Crippen molar-refractivity contribution in [1.29, 1.82) is 0 Å². The minimum Gasteiger partial charge on any atom is -0.507 e. The maximum atomic E-state index is 12.3.